The smallest absolute Gasteiger partial charge is 0.339 e. The lowest BCUT2D eigenvalue weighted by atomic mass is 9.93. The van der Waals surface area contributed by atoms with Crippen LogP contribution in [0.1, 0.15) is 34.1 Å². The molecule has 0 fully saturated rings. The third kappa shape index (κ3) is 5.19. The number of ether oxygens (including phenoxy) is 1. The number of nitrogens with two attached hydrogens (primary N) is 1. The van der Waals surface area contributed by atoms with Crippen molar-refractivity contribution in [3.05, 3.63) is 0 Å². The van der Waals surface area contributed by atoms with Gasteiger partial charge in [0.2, 0.25) is 0 Å². The predicted octanol–water partition coefficient (Wildman–Crippen LogP) is 0.676. The summed E-state index contributed by atoms with van der Waals surface area (Å²) in [4.78, 5) is 11.2. The number of carbonyl (C=O) groups is 1. The van der Waals surface area contributed by atoms with Crippen molar-refractivity contribution in [2.45, 2.75) is 39.7 Å². The summed E-state index contributed by atoms with van der Waals surface area (Å²) in [6.45, 7) is 7.72. The summed E-state index contributed by atoms with van der Waals surface area (Å²) in [5, 5.41) is 9.42. The molecule has 1 unspecified atom stereocenters. The SMILES string of the molecule is CC(C)(C)CCOC(=O)C(C)(O)CN. The maximum Gasteiger partial charge on any atom is 0.339 e. The van der Waals surface area contributed by atoms with Crippen LogP contribution >= 0.6 is 0 Å². The Morgan fingerprint density at radius 1 is 1.36 bits per heavy atom. The second-order valence-electron chi connectivity index (χ2n) is 4.92. The van der Waals surface area contributed by atoms with E-state index in [4.69, 9.17) is 10.5 Å². The summed E-state index contributed by atoms with van der Waals surface area (Å²) in [5.74, 6) is -0.649. The maximum atomic E-state index is 11.2. The van der Waals surface area contributed by atoms with E-state index in [1.807, 2.05) is 0 Å². The molecule has 4 heteroatoms. The molecular weight excluding hydrogens is 182 g/mol. The fourth-order valence-corrected chi connectivity index (χ4v) is 0.689. The van der Waals surface area contributed by atoms with E-state index < -0.39 is 11.6 Å². The molecule has 0 radical (unpaired) electrons. The lowest BCUT2D eigenvalue weighted by Crippen LogP contribution is -2.44. The maximum absolute atomic E-state index is 11.2. The van der Waals surface area contributed by atoms with Crippen LogP contribution in [0.4, 0.5) is 0 Å². The van der Waals surface area contributed by atoms with Crippen LogP contribution in [0, 0.1) is 5.41 Å². The van der Waals surface area contributed by atoms with Gasteiger partial charge in [-0.3, -0.25) is 0 Å². The van der Waals surface area contributed by atoms with Gasteiger partial charge in [-0.05, 0) is 18.8 Å². The molecule has 0 aliphatic rings. The second-order valence-corrected chi connectivity index (χ2v) is 4.92. The summed E-state index contributed by atoms with van der Waals surface area (Å²) in [6.07, 6.45) is 0.763. The zero-order chi connectivity index (χ0) is 11.4. The third-order valence-electron chi connectivity index (χ3n) is 1.92. The van der Waals surface area contributed by atoms with Gasteiger partial charge in [-0.1, -0.05) is 20.8 Å². The highest BCUT2D eigenvalue weighted by molar-refractivity contribution is 5.78. The fourth-order valence-electron chi connectivity index (χ4n) is 0.689. The van der Waals surface area contributed by atoms with Crippen LogP contribution in [0.2, 0.25) is 0 Å². The summed E-state index contributed by atoms with van der Waals surface area (Å²) in [7, 11) is 0. The van der Waals surface area contributed by atoms with Gasteiger partial charge in [-0.25, -0.2) is 4.79 Å². The highest BCUT2D eigenvalue weighted by atomic mass is 16.5. The van der Waals surface area contributed by atoms with Gasteiger partial charge < -0.3 is 15.6 Å². The van der Waals surface area contributed by atoms with Crippen molar-refractivity contribution in [2.75, 3.05) is 13.2 Å². The number of hydrogen-bond donors (Lipinski definition) is 2. The van der Waals surface area contributed by atoms with Crippen molar-refractivity contribution in [2.24, 2.45) is 11.1 Å². The van der Waals surface area contributed by atoms with Crippen molar-refractivity contribution in [1.82, 2.24) is 0 Å². The molecule has 1 atom stereocenters. The van der Waals surface area contributed by atoms with Crippen LogP contribution in [-0.4, -0.2) is 29.8 Å². The molecule has 0 amide bonds. The van der Waals surface area contributed by atoms with Crippen molar-refractivity contribution < 1.29 is 14.6 Å². The quantitative estimate of drug-likeness (QED) is 0.659. The Labute approximate surface area is 85.4 Å². The molecule has 0 aliphatic heterocycles. The monoisotopic (exact) mass is 203 g/mol. The molecule has 4 nitrogen and oxygen atoms in total. The third-order valence-corrected chi connectivity index (χ3v) is 1.92. The zero-order valence-corrected chi connectivity index (χ0v) is 9.46. The minimum absolute atomic E-state index is 0.120. The Morgan fingerprint density at radius 3 is 2.21 bits per heavy atom. The van der Waals surface area contributed by atoms with E-state index in [-0.39, 0.29) is 12.0 Å². The van der Waals surface area contributed by atoms with E-state index in [0.29, 0.717) is 6.61 Å². The zero-order valence-electron chi connectivity index (χ0n) is 9.46. The first-order valence-electron chi connectivity index (χ1n) is 4.79. The number of rotatable bonds is 4. The van der Waals surface area contributed by atoms with E-state index in [9.17, 15) is 9.90 Å². The van der Waals surface area contributed by atoms with E-state index >= 15 is 0 Å². The first-order chi connectivity index (χ1) is 6.19. The molecule has 0 saturated heterocycles. The summed E-state index contributed by atoms with van der Waals surface area (Å²) < 4.78 is 4.90. The highest BCUT2D eigenvalue weighted by Gasteiger charge is 2.30. The molecule has 84 valence electrons. The minimum Gasteiger partial charge on any atom is -0.464 e. The molecule has 0 rings (SSSR count). The molecule has 0 spiro atoms. The molecule has 0 heterocycles. The molecule has 0 aliphatic carbocycles. The summed E-state index contributed by atoms with van der Waals surface area (Å²) >= 11 is 0. The first-order valence-corrected chi connectivity index (χ1v) is 4.79. The molecule has 0 aromatic heterocycles. The normalized spacial score (nSPS) is 16.1. The van der Waals surface area contributed by atoms with E-state index in [0.717, 1.165) is 6.42 Å². The van der Waals surface area contributed by atoms with Crippen LogP contribution in [0.5, 0.6) is 0 Å². The number of carbonyl (C=O) groups excluding carboxylic acids is 1. The van der Waals surface area contributed by atoms with Gasteiger partial charge in [0.15, 0.2) is 5.60 Å². The Morgan fingerprint density at radius 2 is 1.86 bits per heavy atom. The molecule has 14 heavy (non-hydrogen) atoms. The number of esters is 1. The Balaban J connectivity index is 3.87. The molecular formula is C10H21NO3. The Kier molecular flexibility index (Phi) is 4.55. The Hall–Kier alpha value is -0.610. The largest absolute Gasteiger partial charge is 0.464 e. The summed E-state index contributed by atoms with van der Waals surface area (Å²) in [6, 6.07) is 0. The van der Waals surface area contributed by atoms with Crippen LogP contribution in [-0.2, 0) is 9.53 Å². The first kappa shape index (κ1) is 13.4. The lowest BCUT2D eigenvalue weighted by molar-refractivity contribution is -0.163. The number of hydrogen-bond acceptors (Lipinski definition) is 4. The van der Waals surface area contributed by atoms with Crippen molar-refractivity contribution in [3.8, 4) is 0 Å². The van der Waals surface area contributed by atoms with Gasteiger partial charge in [-0.15, -0.1) is 0 Å². The standard InChI is InChI=1S/C10H21NO3/c1-9(2,3)5-6-14-8(12)10(4,13)7-11/h13H,5-7,11H2,1-4H3. The molecule has 0 bridgehead atoms. The molecule has 3 N–H and O–H groups in total. The van der Waals surface area contributed by atoms with Gasteiger partial charge in [0.25, 0.3) is 0 Å². The minimum atomic E-state index is -1.56. The predicted molar refractivity (Wildman–Crippen MR) is 54.7 cm³/mol. The van der Waals surface area contributed by atoms with E-state index in [1.165, 1.54) is 6.92 Å². The molecule has 0 saturated carbocycles. The van der Waals surface area contributed by atoms with E-state index in [1.54, 1.807) is 0 Å². The van der Waals surface area contributed by atoms with Crippen molar-refractivity contribution in [3.63, 3.8) is 0 Å². The van der Waals surface area contributed by atoms with Crippen molar-refractivity contribution in [1.29, 1.82) is 0 Å². The van der Waals surface area contributed by atoms with Crippen LogP contribution in [0.3, 0.4) is 0 Å². The number of aliphatic hydroxyl groups is 1. The second kappa shape index (κ2) is 4.75. The van der Waals surface area contributed by atoms with Crippen LogP contribution in [0.15, 0.2) is 0 Å². The molecule has 0 aromatic carbocycles. The van der Waals surface area contributed by atoms with Crippen LogP contribution < -0.4 is 5.73 Å². The van der Waals surface area contributed by atoms with E-state index in [2.05, 4.69) is 20.8 Å². The van der Waals surface area contributed by atoms with Crippen LogP contribution in [0.25, 0.3) is 0 Å². The lowest BCUT2D eigenvalue weighted by Gasteiger charge is -2.21. The fraction of sp³-hybridized carbons (Fsp3) is 0.900. The Bertz CT molecular complexity index is 194. The average Bonchev–Trinajstić information content (AvgIpc) is 2.02. The summed E-state index contributed by atoms with van der Waals surface area (Å²) in [5.41, 5.74) is 3.78. The van der Waals surface area contributed by atoms with Gasteiger partial charge in [0.1, 0.15) is 0 Å². The van der Waals surface area contributed by atoms with Gasteiger partial charge in [-0.2, -0.15) is 0 Å². The van der Waals surface area contributed by atoms with Gasteiger partial charge >= 0.3 is 5.97 Å². The topological polar surface area (TPSA) is 72.5 Å². The van der Waals surface area contributed by atoms with Gasteiger partial charge in [0, 0.05) is 6.54 Å². The highest BCUT2D eigenvalue weighted by Crippen LogP contribution is 2.18. The van der Waals surface area contributed by atoms with Crippen molar-refractivity contribution >= 4 is 5.97 Å². The molecule has 0 aromatic rings. The van der Waals surface area contributed by atoms with Gasteiger partial charge in [0.05, 0.1) is 6.61 Å². The average molecular weight is 203 g/mol.